The molecule has 1 aliphatic carbocycles. The Bertz CT molecular complexity index is 1390. The van der Waals surface area contributed by atoms with Crippen molar-refractivity contribution >= 4 is 26.7 Å². The molecule has 1 fully saturated rings. The zero-order valence-corrected chi connectivity index (χ0v) is 19.8. The molecule has 6 nitrogen and oxygen atoms in total. The SMILES string of the molecule is O=S(=O)(CCc1cccc(-c2ccc3ncnc(NCCc4ccccc4)c3c2)c1)NC1CC1. The maximum Gasteiger partial charge on any atom is 0.212 e. The van der Waals surface area contributed by atoms with Crippen molar-refractivity contribution in [1.82, 2.24) is 14.7 Å². The van der Waals surface area contributed by atoms with Crippen molar-refractivity contribution in [3.05, 3.63) is 90.3 Å². The van der Waals surface area contributed by atoms with Crippen LogP contribution in [0.3, 0.4) is 0 Å². The molecule has 1 aliphatic rings. The number of sulfonamides is 1. The third-order valence-corrected chi connectivity index (χ3v) is 7.46. The molecule has 0 bridgehead atoms. The molecule has 0 saturated heterocycles. The summed E-state index contributed by atoms with van der Waals surface area (Å²) < 4.78 is 27.2. The molecule has 1 aromatic heterocycles. The van der Waals surface area contributed by atoms with Crippen molar-refractivity contribution in [1.29, 1.82) is 0 Å². The fourth-order valence-corrected chi connectivity index (χ4v) is 5.39. The largest absolute Gasteiger partial charge is 0.369 e. The number of aromatic nitrogens is 2. The predicted octanol–water partition coefficient (Wildman–Crippen LogP) is 4.58. The van der Waals surface area contributed by atoms with Crippen LogP contribution in [0.1, 0.15) is 24.0 Å². The average Bonchev–Trinajstić information content (AvgIpc) is 3.67. The highest BCUT2D eigenvalue weighted by Crippen LogP contribution is 2.28. The zero-order chi connectivity index (χ0) is 23.4. The van der Waals surface area contributed by atoms with E-state index in [0.29, 0.717) is 6.42 Å². The molecule has 2 N–H and O–H groups in total. The summed E-state index contributed by atoms with van der Waals surface area (Å²) >= 11 is 0. The Kier molecular flexibility index (Phi) is 6.56. The first-order chi connectivity index (χ1) is 16.6. The number of benzene rings is 3. The van der Waals surface area contributed by atoms with Gasteiger partial charge < -0.3 is 5.32 Å². The lowest BCUT2D eigenvalue weighted by molar-refractivity contribution is 0.580. The quantitative estimate of drug-likeness (QED) is 0.353. The minimum atomic E-state index is -3.23. The van der Waals surface area contributed by atoms with E-state index in [1.54, 1.807) is 6.33 Å². The number of fused-ring (bicyclic) bond motifs is 1. The van der Waals surface area contributed by atoms with Crippen molar-refractivity contribution in [2.24, 2.45) is 0 Å². The Labute approximate surface area is 200 Å². The van der Waals surface area contributed by atoms with E-state index in [-0.39, 0.29) is 11.8 Å². The Hall–Kier alpha value is -3.29. The number of hydrogen-bond acceptors (Lipinski definition) is 5. The van der Waals surface area contributed by atoms with Crippen molar-refractivity contribution in [3.8, 4) is 11.1 Å². The van der Waals surface area contributed by atoms with Gasteiger partial charge in [0.15, 0.2) is 0 Å². The molecule has 0 spiro atoms. The third kappa shape index (κ3) is 5.79. The number of nitrogens with one attached hydrogen (secondary N) is 2. The Morgan fingerprint density at radius 1 is 0.824 bits per heavy atom. The second-order valence-corrected chi connectivity index (χ2v) is 10.7. The standard InChI is InChI=1S/C27H28N4O2S/c32-34(33,31-24-10-11-24)16-14-21-7-4-8-22(17-21)23-9-12-26-25(18-23)27(30-19-29-26)28-15-13-20-5-2-1-3-6-20/h1-9,12,17-19,24,31H,10-11,13-16H2,(H,28,29,30). The van der Waals surface area contributed by atoms with Gasteiger partial charge in [0.2, 0.25) is 10.0 Å². The monoisotopic (exact) mass is 472 g/mol. The lowest BCUT2D eigenvalue weighted by Crippen LogP contribution is -2.29. The van der Waals surface area contributed by atoms with E-state index in [9.17, 15) is 8.42 Å². The van der Waals surface area contributed by atoms with Crippen LogP contribution >= 0.6 is 0 Å². The van der Waals surface area contributed by atoms with Crippen LogP contribution in [0.15, 0.2) is 79.1 Å². The summed E-state index contributed by atoms with van der Waals surface area (Å²) in [5.41, 5.74) is 5.26. The molecule has 1 heterocycles. The average molecular weight is 473 g/mol. The maximum atomic E-state index is 12.2. The first-order valence-electron chi connectivity index (χ1n) is 11.7. The summed E-state index contributed by atoms with van der Waals surface area (Å²) in [6, 6.07) is 24.8. The van der Waals surface area contributed by atoms with Crippen LogP contribution in [-0.2, 0) is 22.9 Å². The van der Waals surface area contributed by atoms with Gasteiger partial charge in [-0.2, -0.15) is 0 Å². The maximum absolute atomic E-state index is 12.2. The van der Waals surface area contributed by atoms with Crippen LogP contribution in [0.5, 0.6) is 0 Å². The molecule has 3 aromatic carbocycles. The Morgan fingerprint density at radius 2 is 1.62 bits per heavy atom. The Balaban J connectivity index is 1.32. The molecular weight excluding hydrogens is 444 g/mol. The van der Waals surface area contributed by atoms with Gasteiger partial charge in [-0.15, -0.1) is 0 Å². The molecule has 7 heteroatoms. The van der Waals surface area contributed by atoms with E-state index in [1.165, 1.54) is 5.56 Å². The van der Waals surface area contributed by atoms with Gasteiger partial charge in [0.05, 0.1) is 11.3 Å². The highest BCUT2D eigenvalue weighted by Gasteiger charge is 2.26. The summed E-state index contributed by atoms with van der Waals surface area (Å²) in [5.74, 6) is 0.921. The van der Waals surface area contributed by atoms with E-state index in [0.717, 1.165) is 59.2 Å². The summed E-state index contributed by atoms with van der Waals surface area (Å²) in [6.07, 6.45) is 4.88. The first-order valence-corrected chi connectivity index (χ1v) is 13.3. The normalized spacial score (nSPS) is 13.8. The van der Waals surface area contributed by atoms with Crippen molar-refractivity contribution in [3.63, 3.8) is 0 Å². The molecule has 1 saturated carbocycles. The molecule has 0 unspecified atom stereocenters. The Morgan fingerprint density at radius 3 is 2.44 bits per heavy atom. The molecule has 4 aromatic rings. The van der Waals surface area contributed by atoms with E-state index >= 15 is 0 Å². The van der Waals surface area contributed by atoms with Crippen LogP contribution in [0.4, 0.5) is 5.82 Å². The number of anilines is 1. The van der Waals surface area contributed by atoms with Gasteiger partial charge in [-0.25, -0.2) is 23.1 Å². The number of hydrogen-bond donors (Lipinski definition) is 2. The van der Waals surface area contributed by atoms with Crippen molar-refractivity contribution in [2.45, 2.75) is 31.7 Å². The lowest BCUT2D eigenvalue weighted by Gasteiger charge is -2.11. The molecule has 0 amide bonds. The van der Waals surface area contributed by atoms with Crippen LogP contribution in [0.25, 0.3) is 22.0 Å². The van der Waals surface area contributed by atoms with Gasteiger partial charge in [-0.1, -0.05) is 60.7 Å². The summed E-state index contributed by atoms with van der Waals surface area (Å²) in [5, 5.41) is 4.43. The fraction of sp³-hybridized carbons (Fsp3) is 0.259. The van der Waals surface area contributed by atoms with Gasteiger partial charge in [-0.3, -0.25) is 0 Å². The van der Waals surface area contributed by atoms with E-state index in [4.69, 9.17) is 0 Å². The van der Waals surface area contributed by atoms with Crippen molar-refractivity contribution in [2.75, 3.05) is 17.6 Å². The van der Waals surface area contributed by atoms with Crippen LogP contribution in [0, 0.1) is 0 Å². The second-order valence-electron chi connectivity index (χ2n) is 8.78. The molecular formula is C27H28N4O2S. The first kappa shape index (κ1) is 22.5. The minimum Gasteiger partial charge on any atom is -0.369 e. The van der Waals surface area contributed by atoms with Gasteiger partial charge >= 0.3 is 0 Å². The molecule has 0 atom stereocenters. The molecule has 5 rings (SSSR count). The second kappa shape index (κ2) is 9.91. The molecule has 0 aliphatic heterocycles. The van der Waals surface area contributed by atoms with Crippen molar-refractivity contribution < 1.29 is 8.42 Å². The smallest absolute Gasteiger partial charge is 0.212 e. The summed E-state index contributed by atoms with van der Waals surface area (Å²) in [7, 11) is -3.23. The van der Waals surface area contributed by atoms with E-state index < -0.39 is 10.0 Å². The van der Waals surface area contributed by atoms with Crippen LogP contribution < -0.4 is 10.0 Å². The van der Waals surface area contributed by atoms with Crippen LogP contribution in [-0.4, -0.2) is 36.7 Å². The van der Waals surface area contributed by atoms with Gasteiger partial charge in [0.1, 0.15) is 12.1 Å². The third-order valence-electron chi connectivity index (χ3n) is 6.03. The topological polar surface area (TPSA) is 84.0 Å². The van der Waals surface area contributed by atoms with Crippen LogP contribution in [0.2, 0.25) is 0 Å². The minimum absolute atomic E-state index is 0.105. The fourth-order valence-electron chi connectivity index (χ4n) is 4.02. The molecule has 34 heavy (non-hydrogen) atoms. The van der Waals surface area contributed by atoms with Gasteiger partial charge in [0.25, 0.3) is 0 Å². The number of rotatable bonds is 10. The summed E-state index contributed by atoms with van der Waals surface area (Å²) in [6.45, 7) is 0.777. The molecule has 0 radical (unpaired) electrons. The number of aryl methyl sites for hydroxylation is 1. The van der Waals surface area contributed by atoms with E-state index in [2.05, 4.69) is 56.4 Å². The van der Waals surface area contributed by atoms with Gasteiger partial charge in [-0.05, 0) is 60.1 Å². The predicted molar refractivity (Wildman–Crippen MR) is 137 cm³/mol. The summed E-state index contributed by atoms with van der Waals surface area (Å²) in [4.78, 5) is 8.90. The number of nitrogens with zero attached hydrogens (tertiary/aromatic N) is 2. The highest BCUT2D eigenvalue weighted by atomic mass is 32.2. The molecule has 174 valence electrons. The zero-order valence-electron chi connectivity index (χ0n) is 18.9. The highest BCUT2D eigenvalue weighted by molar-refractivity contribution is 7.89. The lowest BCUT2D eigenvalue weighted by atomic mass is 10.0. The van der Waals surface area contributed by atoms with Gasteiger partial charge in [0, 0.05) is 18.0 Å². The van der Waals surface area contributed by atoms with E-state index in [1.807, 2.05) is 36.4 Å².